The molecule has 1 heterocycles. The Bertz CT molecular complexity index is 482. The van der Waals surface area contributed by atoms with Crippen LogP contribution in [0.1, 0.15) is 30.6 Å². The molecule has 0 bridgehead atoms. The minimum Gasteiger partial charge on any atom is -0.308 e. The van der Waals surface area contributed by atoms with Crippen LogP contribution in [0.15, 0.2) is 48.7 Å². The van der Waals surface area contributed by atoms with Crippen LogP contribution in [-0.4, -0.2) is 11.5 Å². The molecule has 1 aromatic heterocycles. The standard InChI is InChI=1S/C16H19FN2/c1-2-10-18-16(11-13-6-4-3-5-7-13)15-9-8-14(17)12-19-15/h3-9,12,16,18H,2,10-11H2,1H3. The maximum absolute atomic E-state index is 12.9. The first-order chi connectivity index (χ1) is 9.29. The van der Waals surface area contributed by atoms with E-state index < -0.39 is 0 Å². The highest BCUT2D eigenvalue weighted by atomic mass is 19.1. The van der Waals surface area contributed by atoms with Crippen LogP contribution >= 0.6 is 0 Å². The van der Waals surface area contributed by atoms with Crippen molar-refractivity contribution in [2.75, 3.05) is 6.54 Å². The summed E-state index contributed by atoms with van der Waals surface area (Å²) in [6.45, 7) is 3.06. The van der Waals surface area contributed by atoms with E-state index in [0.29, 0.717) is 0 Å². The minimum atomic E-state index is -0.294. The van der Waals surface area contributed by atoms with Gasteiger partial charge in [0.05, 0.1) is 17.9 Å². The van der Waals surface area contributed by atoms with Crippen LogP contribution < -0.4 is 5.32 Å². The first-order valence-electron chi connectivity index (χ1n) is 6.68. The van der Waals surface area contributed by atoms with Crippen molar-refractivity contribution in [1.82, 2.24) is 10.3 Å². The van der Waals surface area contributed by atoms with Gasteiger partial charge >= 0.3 is 0 Å². The molecule has 0 aliphatic carbocycles. The number of aromatic nitrogens is 1. The monoisotopic (exact) mass is 258 g/mol. The number of hydrogen-bond donors (Lipinski definition) is 1. The summed E-state index contributed by atoms with van der Waals surface area (Å²) in [5.41, 5.74) is 2.14. The van der Waals surface area contributed by atoms with Crippen LogP contribution in [0.5, 0.6) is 0 Å². The zero-order chi connectivity index (χ0) is 13.5. The van der Waals surface area contributed by atoms with Crippen molar-refractivity contribution < 1.29 is 4.39 Å². The molecule has 3 heteroatoms. The maximum Gasteiger partial charge on any atom is 0.141 e. The molecule has 0 radical (unpaired) electrons. The third-order valence-electron chi connectivity index (χ3n) is 3.03. The summed E-state index contributed by atoms with van der Waals surface area (Å²) in [5.74, 6) is -0.294. The fraction of sp³-hybridized carbons (Fsp3) is 0.312. The topological polar surface area (TPSA) is 24.9 Å². The smallest absolute Gasteiger partial charge is 0.141 e. The lowest BCUT2D eigenvalue weighted by molar-refractivity contribution is 0.514. The molecule has 0 spiro atoms. The van der Waals surface area contributed by atoms with Crippen molar-refractivity contribution in [3.8, 4) is 0 Å². The number of pyridine rings is 1. The summed E-state index contributed by atoms with van der Waals surface area (Å²) in [5, 5.41) is 3.47. The normalized spacial score (nSPS) is 12.3. The van der Waals surface area contributed by atoms with Crippen LogP contribution in [-0.2, 0) is 6.42 Å². The van der Waals surface area contributed by atoms with Gasteiger partial charge in [0.1, 0.15) is 5.82 Å². The molecule has 1 aromatic carbocycles. The molecule has 0 aliphatic heterocycles. The molecular weight excluding hydrogens is 239 g/mol. The zero-order valence-electron chi connectivity index (χ0n) is 11.1. The van der Waals surface area contributed by atoms with Gasteiger partial charge in [0.15, 0.2) is 0 Å². The molecule has 2 rings (SSSR count). The van der Waals surface area contributed by atoms with Gasteiger partial charge in [-0.05, 0) is 37.1 Å². The third kappa shape index (κ3) is 4.14. The molecule has 0 saturated heterocycles. The van der Waals surface area contributed by atoms with E-state index in [0.717, 1.165) is 25.1 Å². The number of hydrogen-bond acceptors (Lipinski definition) is 2. The van der Waals surface area contributed by atoms with Crippen LogP contribution in [0.25, 0.3) is 0 Å². The van der Waals surface area contributed by atoms with Gasteiger partial charge in [-0.3, -0.25) is 4.98 Å². The second-order valence-electron chi connectivity index (χ2n) is 4.60. The molecule has 0 amide bonds. The van der Waals surface area contributed by atoms with Gasteiger partial charge in [0.25, 0.3) is 0 Å². The van der Waals surface area contributed by atoms with E-state index >= 15 is 0 Å². The second-order valence-corrected chi connectivity index (χ2v) is 4.60. The summed E-state index contributed by atoms with van der Waals surface area (Å²) in [6, 6.07) is 13.6. The molecule has 0 saturated carbocycles. The summed E-state index contributed by atoms with van der Waals surface area (Å²) in [4.78, 5) is 4.19. The number of halogens is 1. The fourth-order valence-electron chi connectivity index (χ4n) is 2.04. The van der Waals surface area contributed by atoms with Crippen molar-refractivity contribution in [2.24, 2.45) is 0 Å². The van der Waals surface area contributed by atoms with Gasteiger partial charge in [-0.2, -0.15) is 0 Å². The van der Waals surface area contributed by atoms with E-state index in [1.54, 1.807) is 6.07 Å². The van der Waals surface area contributed by atoms with E-state index in [4.69, 9.17) is 0 Å². The molecule has 0 aliphatic rings. The Hall–Kier alpha value is -1.74. The first kappa shape index (κ1) is 13.7. The van der Waals surface area contributed by atoms with E-state index in [1.807, 2.05) is 18.2 Å². The predicted molar refractivity (Wildman–Crippen MR) is 75.4 cm³/mol. The highest BCUT2D eigenvalue weighted by Gasteiger charge is 2.12. The Kier molecular flexibility index (Phi) is 5.04. The molecule has 1 N–H and O–H groups in total. The quantitative estimate of drug-likeness (QED) is 0.857. The van der Waals surface area contributed by atoms with E-state index in [9.17, 15) is 4.39 Å². The van der Waals surface area contributed by atoms with Crippen LogP contribution in [0, 0.1) is 5.82 Å². The number of benzene rings is 1. The Morgan fingerprint density at radius 1 is 1.16 bits per heavy atom. The van der Waals surface area contributed by atoms with Crippen molar-refractivity contribution in [3.05, 3.63) is 65.7 Å². The predicted octanol–water partition coefficient (Wildman–Crippen LogP) is 3.50. The van der Waals surface area contributed by atoms with Gasteiger partial charge < -0.3 is 5.32 Å². The number of nitrogens with zero attached hydrogens (tertiary/aromatic N) is 1. The molecule has 0 fully saturated rings. The van der Waals surface area contributed by atoms with Gasteiger partial charge in [-0.15, -0.1) is 0 Å². The molecule has 19 heavy (non-hydrogen) atoms. The Morgan fingerprint density at radius 3 is 2.58 bits per heavy atom. The average molecular weight is 258 g/mol. The fourth-order valence-corrected chi connectivity index (χ4v) is 2.04. The molecular formula is C16H19FN2. The SMILES string of the molecule is CCCNC(Cc1ccccc1)c1ccc(F)cn1. The third-order valence-corrected chi connectivity index (χ3v) is 3.03. The Balaban J connectivity index is 2.13. The van der Waals surface area contributed by atoms with Gasteiger partial charge in [-0.1, -0.05) is 37.3 Å². The molecule has 1 atom stereocenters. The molecule has 100 valence electrons. The van der Waals surface area contributed by atoms with Crippen LogP contribution in [0.2, 0.25) is 0 Å². The number of nitrogens with one attached hydrogen (secondary N) is 1. The largest absolute Gasteiger partial charge is 0.308 e. The maximum atomic E-state index is 12.9. The highest BCUT2D eigenvalue weighted by molar-refractivity contribution is 5.19. The molecule has 2 aromatic rings. The van der Waals surface area contributed by atoms with Gasteiger partial charge in [0, 0.05) is 0 Å². The van der Waals surface area contributed by atoms with Crippen LogP contribution in [0.4, 0.5) is 4.39 Å². The lowest BCUT2D eigenvalue weighted by Gasteiger charge is -2.18. The van der Waals surface area contributed by atoms with Crippen molar-refractivity contribution in [1.29, 1.82) is 0 Å². The van der Waals surface area contributed by atoms with Crippen molar-refractivity contribution in [3.63, 3.8) is 0 Å². The lowest BCUT2D eigenvalue weighted by atomic mass is 10.0. The van der Waals surface area contributed by atoms with E-state index in [-0.39, 0.29) is 11.9 Å². The van der Waals surface area contributed by atoms with Crippen LogP contribution in [0.3, 0.4) is 0 Å². The molecule has 1 unspecified atom stereocenters. The lowest BCUT2D eigenvalue weighted by Crippen LogP contribution is -2.25. The van der Waals surface area contributed by atoms with Gasteiger partial charge in [0.2, 0.25) is 0 Å². The van der Waals surface area contributed by atoms with E-state index in [2.05, 4.69) is 29.4 Å². The van der Waals surface area contributed by atoms with Crippen molar-refractivity contribution in [2.45, 2.75) is 25.8 Å². The first-order valence-corrected chi connectivity index (χ1v) is 6.68. The Morgan fingerprint density at radius 2 is 1.95 bits per heavy atom. The van der Waals surface area contributed by atoms with E-state index in [1.165, 1.54) is 17.8 Å². The second kappa shape index (κ2) is 7.00. The van der Waals surface area contributed by atoms with Crippen molar-refractivity contribution >= 4 is 0 Å². The molecule has 2 nitrogen and oxygen atoms in total. The number of rotatable bonds is 6. The van der Waals surface area contributed by atoms with Gasteiger partial charge in [-0.25, -0.2) is 4.39 Å². The highest BCUT2D eigenvalue weighted by Crippen LogP contribution is 2.16. The average Bonchev–Trinajstić information content (AvgIpc) is 2.45. The zero-order valence-corrected chi connectivity index (χ0v) is 11.1. The summed E-state index contributed by atoms with van der Waals surface area (Å²) in [6.07, 6.45) is 3.20. The summed E-state index contributed by atoms with van der Waals surface area (Å²) in [7, 11) is 0. The summed E-state index contributed by atoms with van der Waals surface area (Å²) >= 11 is 0. The summed E-state index contributed by atoms with van der Waals surface area (Å²) < 4.78 is 12.9. The minimum absolute atomic E-state index is 0.128. The Labute approximate surface area is 113 Å².